The van der Waals surface area contributed by atoms with Crippen molar-refractivity contribution in [3.63, 3.8) is 0 Å². The number of carboxylic acids is 1. The Balaban J connectivity index is 1.60. The van der Waals surface area contributed by atoms with Crippen molar-refractivity contribution in [2.45, 2.75) is 31.5 Å². The van der Waals surface area contributed by atoms with Gasteiger partial charge in [0.25, 0.3) is 0 Å². The summed E-state index contributed by atoms with van der Waals surface area (Å²) in [4.78, 5) is 10.7. The highest BCUT2D eigenvalue weighted by molar-refractivity contribution is 5.73. The lowest BCUT2D eigenvalue weighted by atomic mass is 10.1. The number of hydrogen-bond acceptors (Lipinski definition) is 5. The van der Waals surface area contributed by atoms with E-state index in [1.165, 1.54) is 5.56 Å². The van der Waals surface area contributed by atoms with Crippen molar-refractivity contribution in [1.82, 2.24) is 15.0 Å². The minimum atomic E-state index is -1.04. The third-order valence-electron chi connectivity index (χ3n) is 3.44. The van der Waals surface area contributed by atoms with Gasteiger partial charge in [-0.25, -0.2) is 4.68 Å². The molecule has 1 aromatic heterocycles. The van der Waals surface area contributed by atoms with Crippen LogP contribution in [0.25, 0.3) is 0 Å². The van der Waals surface area contributed by atoms with Gasteiger partial charge < -0.3 is 15.6 Å². The van der Waals surface area contributed by atoms with Crippen molar-refractivity contribution in [3.8, 4) is 5.75 Å². The lowest BCUT2D eigenvalue weighted by Crippen LogP contribution is -2.32. The predicted molar refractivity (Wildman–Crippen MR) is 73.9 cm³/mol. The first-order chi connectivity index (χ1) is 10.1. The Morgan fingerprint density at radius 2 is 2.33 bits per heavy atom. The highest BCUT2D eigenvalue weighted by atomic mass is 16.5. The van der Waals surface area contributed by atoms with Gasteiger partial charge in [-0.1, -0.05) is 23.4 Å². The Hall–Kier alpha value is -2.41. The van der Waals surface area contributed by atoms with Crippen LogP contribution in [0.3, 0.4) is 0 Å². The smallest absolute Gasteiger partial charge is 0.320 e. The lowest BCUT2D eigenvalue weighted by Gasteiger charge is -2.09. The molecule has 0 bridgehead atoms. The quantitative estimate of drug-likeness (QED) is 0.816. The van der Waals surface area contributed by atoms with Crippen LogP contribution in [0.1, 0.15) is 11.3 Å². The molecule has 2 unspecified atom stereocenters. The number of nitrogens with two attached hydrogens (primary N) is 1. The number of carboxylic acid groups (broad SMARTS) is 1. The topological polar surface area (TPSA) is 103 Å². The largest absolute Gasteiger partial charge is 0.488 e. The highest BCUT2D eigenvalue weighted by Gasteiger charge is 2.23. The number of nitrogens with zero attached hydrogens (tertiary/aromatic N) is 3. The van der Waals surface area contributed by atoms with E-state index in [2.05, 4.69) is 10.3 Å². The molecule has 110 valence electrons. The number of ether oxygens (including phenoxy) is 1. The third-order valence-corrected chi connectivity index (χ3v) is 3.44. The van der Waals surface area contributed by atoms with Crippen LogP contribution in [-0.2, 0) is 24.2 Å². The van der Waals surface area contributed by atoms with E-state index < -0.39 is 12.0 Å². The zero-order chi connectivity index (χ0) is 14.8. The molecule has 2 aromatic rings. The van der Waals surface area contributed by atoms with Gasteiger partial charge in [0.1, 0.15) is 17.9 Å². The summed E-state index contributed by atoms with van der Waals surface area (Å²) in [7, 11) is 0. The molecule has 0 fully saturated rings. The average Bonchev–Trinajstić information content (AvgIpc) is 3.05. The van der Waals surface area contributed by atoms with Gasteiger partial charge in [-0.3, -0.25) is 4.79 Å². The van der Waals surface area contributed by atoms with Crippen molar-refractivity contribution in [2.75, 3.05) is 0 Å². The van der Waals surface area contributed by atoms with Crippen molar-refractivity contribution < 1.29 is 14.6 Å². The molecule has 0 amide bonds. The van der Waals surface area contributed by atoms with E-state index in [1.54, 1.807) is 10.9 Å². The van der Waals surface area contributed by atoms with Gasteiger partial charge in [-0.05, 0) is 11.6 Å². The summed E-state index contributed by atoms with van der Waals surface area (Å²) in [5.74, 6) is -0.130. The lowest BCUT2D eigenvalue weighted by molar-refractivity contribution is -0.138. The molecule has 0 radical (unpaired) electrons. The van der Waals surface area contributed by atoms with Crippen LogP contribution in [0, 0.1) is 0 Å². The average molecular weight is 288 g/mol. The molecule has 0 saturated carbocycles. The van der Waals surface area contributed by atoms with Crippen molar-refractivity contribution in [1.29, 1.82) is 0 Å². The van der Waals surface area contributed by atoms with E-state index >= 15 is 0 Å². The van der Waals surface area contributed by atoms with Gasteiger partial charge in [0.05, 0.1) is 12.2 Å². The molecule has 0 spiro atoms. The zero-order valence-corrected chi connectivity index (χ0v) is 11.3. The van der Waals surface area contributed by atoms with Crippen LogP contribution in [0.4, 0.5) is 0 Å². The van der Waals surface area contributed by atoms with E-state index in [1.807, 2.05) is 24.3 Å². The van der Waals surface area contributed by atoms with Gasteiger partial charge >= 0.3 is 5.97 Å². The molecule has 1 aromatic carbocycles. The van der Waals surface area contributed by atoms with E-state index in [-0.39, 0.29) is 12.5 Å². The molecule has 1 aliphatic heterocycles. The summed E-state index contributed by atoms with van der Waals surface area (Å²) >= 11 is 0. The number of benzene rings is 1. The van der Waals surface area contributed by atoms with E-state index in [0.717, 1.165) is 12.2 Å². The Kier molecular flexibility index (Phi) is 3.57. The summed E-state index contributed by atoms with van der Waals surface area (Å²) in [5, 5.41) is 16.7. The van der Waals surface area contributed by atoms with Crippen LogP contribution in [0.15, 0.2) is 30.5 Å². The normalized spacial score (nSPS) is 18.0. The molecule has 3 rings (SSSR count). The number of aromatic nitrogens is 3. The van der Waals surface area contributed by atoms with E-state index in [0.29, 0.717) is 12.2 Å². The number of carbonyl (C=O) groups is 1. The summed E-state index contributed by atoms with van der Waals surface area (Å²) in [6.45, 7) is 0.573. The molecule has 7 heteroatoms. The van der Waals surface area contributed by atoms with Gasteiger partial charge in [0, 0.05) is 19.0 Å². The summed E-state index contributed by atoms with van der Waals surface area (Å²) < 4.78 is 7.50. The van der Waals surface area contributed by atoms with Crippen LogP contribution < -0.4 is 10.5 Å². The van der Waals surface area contributed by atoms with Gasteiger partial charge in [0.2, 0.25) is 0 Å². The van der Waals surface area contributed by atoms with Crippen LogP contribution >= 0.6 is 0 Å². The molecule has 0 aliphatic carbocycles. The molecule has 3 N–H and O–H groups in total. The molecular weight excluding hydrogens is 272 g/mol. The van der Waals surface area contributed by atoms with E-state index in [9.17, 15) is 4.79 Å². The highest BCUT2D eigenvalue weighted by Crippen LogP contribution is 2.28. The standard InChI is InChI=1S/C14H16N4O3/c15-12(14(19)20)6-10-7-18(17-16-10)8-11-5-9-3-1-2-4-13(9)21-11/h1-4,7,11-12H,5-6,8,15H2,(H,19,20). The minimum Gasteiger partial charge on any atom is -0.488 e. The Morgan fingerprint density at radius 3 is 3.10 bits per heavy atom. The second-order valence-electron chi connectivity index (χ2n) is 5.13. The fourth-order valence-electron chi connectivity index (χ4n) is 2.40. The molecule has 7 nitrogen and oxygen atoms in total. The molecule has 1 aliphatic rings. The van der Waals surface area contributed by atoms with Crippen LogP contribution in [0.5, 0.6) is 5.75 Å². The predicted octanol–water partition coefficient (Wildman–Crippen LogP) is 0.236. The van der Waals surface area contributed by atoms with Crippen LogP contribution in [-0.4, -0.2) is 38.2 Å². The minimum absolute atomic E-state index is 0.0186. The third kappa shape index (κ3) is 3.03. The summed E-state index contributed by atoms with van der Waals surface area (Å²) in [5.41, 5.74) is 7.24. The monoisotopic (exact) mass is 288 g/mol. The van der Waals surface area contributed by atoms with Crippen LogP contribution in [0.2, 0.25) is 0 Å². The van der Waals surface area contributed by atoms with Gasteiger partial charge in [-0.2, -0.15) is 0 Å². The SMILES string of the molecule is NC(Cc1cn(CC2Cc3ccccc3O2)nn1)C(=O)O. The van der Waals surface area contributed by atoms with Crippen molar-refractivity contribution >= 4 is 5.97 Å². The first-order valence-corrected chi connectivity index (χ1v) is 6.74. The molecular formula is C14H16N4O3. The number of hydrogen-bond donors (Lipinski definition) is 2. The zero-order valence-electron chi connectivity index (χ0n) is 11.3. The maximum absolute atomic E-state index is 10.7. The van der Waals surface area contributed by atoms with E-state index in [4.69, 9.17) is 15.6 Å². The maximum Gasteiger partial charge on any atom is 0.320 e. The number of fused-ring (bicyclic) bond motifs is 1. The van der Waals surface area contributed by atoms with Crippen molar-refractivity contribution in [3.05, 3.63) is 41.7 Å². The molecule has 2 atom stereocenters. The summed E-state index contributed by atoms with van der Waals surface area (Å²) in [6, 6.07) is 6.98. The maximum atomic E-state index is 10.7. The first-order valence-electron chi connectivity index (χ1n) is 6.74. The molecule has 2 heterocycles. The Labute approximate surface area is 121 Å². The fourth-order valence-corrected chi connectivity index (χ4v) is 2.40. The van der Waals surface area contributed by atoms with Crippen molar-refractivity contribution in [2.24, 2.45) is 5.73 Å². The first kappa shape index (κ1) is 13.6. The number of para-hydroxylation sites is 1. The Morgan fingerprint density at radius 1 is 1.52 bits per heavy atom. The van der Waals surface area contributed by atoms with Gasteiger partial charge in [0.15, 0.2) is 0 Å². The second kappa shape index (κ2) is 5.53. The number of aliphatic carboxylic acids is 1. The molecule has 0 saturated heterocycles. The van der Waals surface area contributed by atoms with Gasteiger partial charge in [-0.15, -0.1) is 5.10 Å². The summed E-state index contributed by atoms with van der Waals surface area (Å²) in [6.07, 6.45) is 2.74. The molecule has 21 heavy (non-hydrogen) atoms. The fraction of sp³-hybridized carbons (Fsp3) is 0.357. The Bertz CT molecular complexity index is 630. The number of rotatable bonds is 5. The second-order valence-corrected chi connectivity index (χ2v) is 5.13.